The van der Waals surface area contributed by atoms with Gasteiger partial charge in [-0.2, -0.15) is 0 Å². The number of carboxylic acids is 1. The highest BCUT2D eigenvalue weighted by molar-refractivity contribution is 6.00. The lowest BCUT2D eigenvalue weighted by atomic mass is 9.95. The molecule has 0 aliphatic rings. The monoisotopic (exact) mass is 1550 g/mol. The van der Waals surface area contributed by atoms with Crippen molar-refractivity contribution in [1.82, 2.24) is 63.5 Å². The van der Waals surface area contributed by atoms with Crippen LogP contribution < -0.4 is 116 Å². The fraction of sp³-hybridized carbons (Fsp3) is 0.662. The quantitative estimate of drug-likeness (QED) is 0.0170. The minimum Gasteiger partial charge on any atom is -0.480 e. The number of benzene rings is 1. The maximum atomic E-state index is 14.9. The van der Waals surface area contributed by atoms with Crippen LogP contribution in [0.3, 0.4) is 0 Å². The van der Waals surface area contributed by atoms with Gasteiger partial charge in [-0.05, 0) is 125 Å². The van der Waals surface area contributed by atoms with Gasteiger partial charge in [0.05, 0.1) is 6.04 Å². The number of aromatic nitrogens is 1. The molecule has 39 nitrogen and oxygen atoms in total. The van der Waals surface area contributed by atoms with Gasteiger partial charge in [-0.1, -0.05) is 100 Å². The van der Waals surface area contributed by atoms with E-state index in [0.29, 0.717) is 35.7 Å². The first-order chi connectivity index (χ1) is 51.8. The minimum absolute atomic E-state index is 0.00256. The molecule has 1 aromatic carbocycles. The maximum Gasteiger partial charge on any atom is 0.326 e. The number of carboxylic acid groups (broad SMARTS) is 1. The normalized spacial score (nSPS) is 15.1. The average molecular weight is 1550 g/mol. The molecule has 1 heterocycles. The fourth-order valence-electron chi connectivity index (χ4n) is 11.4. The van der Waals surface area contributed by atoms with E-state index in [2.05, 4.69) is 83.4 Å². The molecule has 2 rings (SSSR count). The summed E-state index contributed by atoms with van der Waals surface area (Å²) in [6.07, 6.45) is 3.48. The molecule has 33 N–H and O–H groups in total. The number of fused-ring (bicyclic) bond motifs is 1. The number of carbonyl (C=O) groups excluding carboxylic acids is 11. The summed E-state index contributed by atoms with van der Waals surface area (Å²) in [5.74, 6) is -13.8. The number of aliphatic imine (C=N–C) groups is 4. The fourth-order valence-corrected chi connectivity index (χ4v) is 11.4. The predicted molar refractivity (Wildman–Crippen MR) is 420 cm³/mol. The second-order valence-electron chi connectivity index (χ2n) is 28.6. The van der Waals surface area contributed by atoms with Crippen molar-refractivity contribution in [1.29, 1.82) is 0 Å². The molecule has 0 saturated heterocycles. The number of nitrogens with one attached hydrogen (secondary N) is 12. The van der Waals surface area contributed by atoms with Crippen molar-refractivity contribution >= 4 is 106 Å². The molecule has 14 atom stereocenters. The van der Waals surface area contributed by atoms with Gasteiger partial charge in [-0.15, -0.1) is 0 Å². The number of carbonyl (C=O) groups is 12. The molecule has 11 amide bonds. The second kappa shape index (κ2) is 49.4. The van der Waals surface area contributed by atoms with E-state index in [1.165, 1.54) is 6.92 Å². The van der Waals surface area contributed by atoms with Crippen LogP contribution in [0.5, 0.6) is 0 Å². The molecule has 1 aromatic heterocycles. The van der Waals surface area contributed by atoms with Crippen molar-refractivity contribution in [2.75, 3.05) is 32.7 Å². The number of H-pyrrole nitrogens is 1. The van der Waals surface area contributed by atoms with Gasteiger partial charge in [0.15, 0.2) is 23.8 Å². The number of aliphatic carboxylic acids is 1. The SMILES string of the molecule is CC[C@H](C)[C@H](NC(=O)[C@H](CCCN=C(N)N)NC(=O)[C@@H](NC(=O)[C@H](C)NC(=O)[C@@H](NC(=O)[C@@H](NC(=O)[C@H](CCCCN)NC(=O)[C@H](CCCN=C(N)N)NC(=O)[C@@H](N)C(C)C)[C@@H](C)CC)C(C)C)C(C)C)C(=O)N[C@@H](Cc1c[nH]c2ccccc12)C(=O)N[C@@H](CCCN=C(N)N)C(=O)N[C@@H](CCCN=C(N)N)C(=O)O. The van der Waals surface area contributed by atoms with E-state index in [1.54, 1.807) is 99.7 Å². The zero-order valence-corrected chi connectivity index (χ0v) is 65.5. The van der Waals surface area contributed by atoms with Gasteiger partial charge < -0.3 is 126 Å². The molecule has 39 heteroatoms. The third-order valence-corrected chi connectivity index (χ3v) is 18.5. The lowest BCUT2D eigenvalue weighted by molar-refractivity contribution is -0.142. The number of guanidine groups is 4. The number of nitrogens with zero attached hydrogens (tertiary/aromatic N) is 4. The third kappa shape index (κ3) is 34.3. The Balaban J connectivity index is 2.52. The summed E-state index contributed by atoms with van der Waals surface area (Å²) in [6, 6.07) is -8.65. The lowest BCUT2D eigenvalue weighted by Crippen LogP contribution is -2.62. The first kappa shape index (κ1) is 95.5. The van der Waals surface area contributed by atoms with Crippen LogP contribution in [-0.4, -0.2) is 210 Å². The molecule has 0 aliphatic heterocycles. The Bertz CT molecular complexity index is 3460. The Labute approximate surface area is 643 Å². The predicted octanol–water partition coefficient (Wildman–Crippen LogP) is -4.12. The molecule has 0 saturated carbocycles. The smallest absolute Gasteiger partial charge is 0.326 e. The molecule has 2 aromatic rings. The molecule has 0 spiro atoms. The summed E-state index contributed by atoms with van der Waals surface area (Å²) >= 11 is 0. The first-order valence-electron chi connectivity index (χ1n) is 37.6. The number of para-hydroxylation sites is 1. The van der Waals surface area contributed by atoms with Crippen LogP contribution in [-0.2, 0) is 64.0 Å². The number of aromatic amines is 1. The number of amides is 11. The van der Waals surface area contributed by atoms with Crippen LogP contribution in [0, 0.1) is 29.6 Å². The molecular weight excluding hydrogens is 1420 g/mol. The number of hydrogen-bond donors (Lipinski definition) is 23. The van der Waals surface area contributed by atoms with Crippen LogP contribution in [0.1, 0.15) is 165 Å². The molecule has 0 unspecified atom stereocenters. The highest BCUT2D eigenvalue weighted by Gasteiger charge is 2.39. The number of nitrogens with two attached hydrogens (primary N) is 10. The minimum atomic E-state index is -1.47. The third-order valence-electron chi connectivity index (χ3n) is 18.5. The van der Waals surface area contributed by atoms with Gasteiger partial charge in [-0.3, -0.25) is 72.7 Å². The molecule has 618 valence electrons. The summed E-state index contributed by atoms with van der Waals surface area (Å²) in [5.41, 5.74) is 57.4. The standard InChI is InChI=1S/C71H126N26O13/c1-12-39(9)54(65(107)93-50(34-42-35-86-44-23-15-14-22-43(42)44)61(103)89-46(25-18-30-82-68(74)75)58(100)92-49(67(109)110)28-21-33-85-71(80)81)96-60(102)48(27-20-32-84-70(78)79)91-64(106)53(38(7)8)94-56(98)41(11)87-63(105)52(37(5)6)95-66(108)55(40(10)13-2)97-59(101)45(24-16-17-29-72)88-57(99)47(26-19-31-83-69(76)77)90-62(104)51(73)36(3)4/h14-15,22-23,35-41,45-55,86H,12-13,16-21,24-34,72-73H2,1-11H3,(H,87,105)(H,88,99)(H,89,103)(H,90,104)(H,91,106)(H,92,100)(H,93,107)(H,94,98)(H,95,108)(H,96,102)(H,97,101)(H,109,110)(H4,74,75,82)(H4,76,77,83)(H4,78,79,84)(H4,80,81,85)/t39-,40-,41-,45-,46-,47-,48-,49-,50-,51-,52-,53-,54-,55-/m0/s1. The lowest BCUT2D eigenvalue weighted by Gasteiger charge is -2.31. The summed E-state index contributed by atoms with van der Waals surface area (Å²) in [7, 11) is 0. The van der Waals surface area contributed by atoms with Gasteiger partial charge in [0.1, 0.15) is 66.5 Å². The van der Waals surface area contributed by atoms with Crippen molar-refractivity contribution in [3.05, 3.63) is 36.0 Å². The Morgan fingerprint density at radius 3 is 1.12 bits per heavy atom. The maximum absolute atomic E-state index is 14.9. The van der Waals surface area contributed by atoms with E-state index in [4.69, 9.17) is 57.3 Å². The summed E-state index contributed by atoms with van der Waals surface area (Å²) < 4.78 is 0. The average Bonchev–Trinajstić information content (AvgIpc) is 1.65. The van der Waals surface area contributed by atoms with E-state index in [9.17, 15) is 62.6 Å². The van der Waals surface area contributed by atoms with Gasteiger partial charge in [-0.25, -0.2) is 4.79 Å². The van der Waals surface area contributed by atoms with Crippen LogP contribution in [0.15, 0.2) is 50.4 Å². The van der Waals surface area contributed by atoms with Crippen molar-refractivity contribution in [2.24, 2.45) is 107 Å². The zero-order chi connectivity index (χ0) is 83.1. The van der Waals surface area contributed by atoms with E-state index >= 15 is 0 Å². The highest BCUT2D eigenvalue weighted by atomic mass is 16.4. The van der Waals surface area contributed by atoms with Gasteiger partial charge in [0.25, 0.3) is 0 Å². The Kier molecular flexibility index (Phi) is 42.9. The summed E-state index contributed by atoms with van der Waals surface area (Å²) in [5, 5.41) is 40.5. The highest BCUT2D eigenvalue weighted by Crippen LogP contribution is 2.21. The van der Waals surface area contributed by atoms with Crippen molar-refractivity contribution < 1.29 is 62.6 Å². The molecule has 0 aliphatic carbocycles. The molecule has 0 fully saturated rings. The first-order valence-corrected chi connectivity index (χ1v) is 37.6. The van der Waals surface area contributed by atoms with Crippen LogP contribution >= 0.6 is 0 Å². The van der Waals surface area contributed by atoms with Gasteiger partial charge >= 0.3 is 5.97 Å². The summed E-state index contributed by atoms with van der Waals surface area (Å²) in [4.78, 5) is 189. The van der Waals surface area contributed by atoms with E-state index in [-0.39, 0.29) is 133 Å². The molecule has 0 radical (unpaired) electrons. The Hall–Kier alpha value is -10.6. The Morgan fingerprint density at radius 1 is 0.391 bits per heavy atom. The molecular formula is C71H126N26O13. The van der Waals surface area contributed by atoms with Gasteiger partial charge in [0.2, 0.25) is 65.0 Å². The second-order valence-corrected chi connectivity index (χ2v) is 28.6. The Morgan fingerprint density at radius 2 is 0.718 bits per heavy atom. The molecule has 0 bridgehead atoms. The van der Waals surface area contributed by atoms with Crippen LogP contribution in [0.4, 0.5) is 0 Å². The van der Waals surface area contributed by atoms with Crippen molar-refractivity contribution in [3.63, 3.8) is 0 Å². The van der Waals surface area contributed by atoms with E-state index < -0.39 is 167 Å². The largest absolute Gasteiger partial charge is 0.480 e. The van der Waals surface area contributed by atoms with E-state index in [1.807, 2.05) is 0 Å². The van der Waals surface area contributed by atoms with Crippen LogP contribution in [0.25, 0.3) is 10.9 Å². The number of rotatable bonds is 52. The van der Waals surface area contributed by atoms with Crippen molar-refractivity contribution in [3.8, 4) is 0 Å². The number of unbranched alkanes of at least 4 members (excludes halogenated alkanes) is 1. The molecule has 110 heavy (non-hydrogen) atoms. The van der Waals surface area contributed by atoms with E-state index in [0.717, 1.165) is 0 Å². The zero-order valence-electron chi connectivity index (χ0n) is 65.5. The van der Waals surface area contributed by atoms with Crippen molar-refractivity contribution in [2.45, 2.75) is 239 Å². The number of hydrogen-bond acceptors (Lipinski definition) is 18. The topological polar surface area (TPSA) is 683 Å². The summed E-state index contributed by atoms with van der Waals surface area (Å²) in [6.45, 7) is 18.8. The van der Waals surface area contributed by atoms with Crippen LogP contribution in [0.2, 0.25) is 0 Å². The van der Waals surface area contributed by atoms with Gasteiger partial charge in [0, 0.05) is 49.7 Å².